The van der Waals surface area contributed by atoms with Crippen LogP contribution in [0.25, 0.3) is 0 Å². The number of ketones is 1. The highest BCUT2D eigenvalue weighted by atomic mass is 16.6. The van der Waals surface area contributed by atoms with E-state index in [2.05, 4.69) is 47.6 Å². The molecule has 0 radical (unpaired) electrons. The first-order chi connectivity index (χ1) is 13.9. The molecule has 3 saturated carbocycles. The zero-order valence-corrected chi connectivity index (χ0v) is 19.8. The smallest absolute Gasteiger partial charge is 0.306 e. The Hall–Kier alpha value is -1.12. The highest BCUT2D eigenvalue weighted by Gasteiger charge is 2.69. The minimum Gasteiger partial charge on any atom is -0.459 e. The number of cyclic esters (lactones) is 1. The van der Waals surface area contributed by atoms with Crippen molar-refractivity contribution in [2.45, 2.75) is 98.5 Å². The first-order valence-corrected chi connectivity index (χ1v) is 12.3. The molecule has 3 heteroatoms. The second kappa shape index (κ2) is 6.01. The van der Waals surface area contributed by atoms with E-state index in [0.717, 1.165) is 12.8 Å². The number of carbonyl (C=O) groups excluding carboxylic acids is 2. The average Bonchev–Trinajstić information content (AvgIpc) is 3.20. The van der Waals surface area contributed by atoms with E-state index >= 15 is 0 Å². The number of allylic oxidation sites excluding steroid dienone is 2. The van der Waals surface area contributed by atoms with Gasteiger partial charge in [0.1, 0.15) is 5.60 Å². The summed E-state index contributed by atoms with van der Waals surface area (Å²) in [5, 5.41) is 0. The third-order valence-corrected chi connectivity index (χ3v) is 11.6. The summed E-state index contributed by atoms with van der Waals surface area (Å²) in [6.07, 6.45) is 13.0. The summed E-state index contributed by atoms with van der Waals surface area (Å²) >= 11 is 0. The van der Waals surface area contributed by atoms with Gasteiger partial charge >= 0.3 is 5.97 Å². The van der Waals surface area contributed by atoms with Gasteiger partial charge in [-0.1, -0.05) is 40.7 Å². The van der Waals surface area contributed by atoms with Gasteiger partial charge in [0, 0.05) is 17.8 Å². The highest BCUT2D eigenvalue weighted by molar-refractivity contribution is 5.95. The molecule has 166 valence electrons. The van der Waals surface area contributed by atoms with Crippen LogP contribution in [0.1, 0.15) is 92.9 Å². The first kappa shape index (κ1) is 20.8. The monoisotopic (exact) mass is 412 g/mol. The molecule has 4 aliphatic carbocycles. The van der Waals surface area contributed by atoms with Crippen LogP contribution < -0.4 is 0 Å². The molecule has 8 atom stereocenters. The lowest BCUT2D eigenvalue weighted by Crippen LogP contribution is -2.62. The maximum atomic E-state index is 12.7. The highest BCUT2D eigenvalue weighted by Crippen LogP contribution is 2.75. The maximum absolute atomic E-state index is 12.7. The molecule has 0 unspecified atom stereocenters. The lowest BCUT2D eigenvalue weighted by Gasteiger charge is -2.68. The predicted octanol–water partition coefficient (Wildman–Crippen LogP) is 6.11. The lowest BCUT2D eigenvalue weighted by atomic mass is 9.36. The van der Waals surface area contributed by atoms with Gasteiger partial charge in [-0.3, -0.25) is 9.59 Å². The van der Waals surface area contributed by atoms with E-state index in [9.17, 15) is 9.59 Å². The van der Waals surface area contributed by atoms with Crippen molar-refractivity contribution in [2.75, 3.05) is 0 Å². The summed E-state index contributed by atoms with van der Waals surface area (Å²) < 4.78 is 5.95. The summed E-state index contributed by atoms with van der Waals surface area (Å²) in [6.45, 7) is 14.2. The molecule has 0 aromatic rings. The summed E-state index contributed by atoms with van der Waals surface area (Å²) in [5.41, 5.74) is 0.136. The van der Waals surface area contributed by atoms with Crippen molar-refractivity contribution in [3.8, 4) is 0 Å². The number of ether oxygens (including phenoxy) is 1. The van der Waals surface area contributed by atoms with Crippen LogP contribution >= 0.6 is 0 Å². The van der Waals surface area contributed by atoms with Gasteiger partial charge in [0.25, 0.3) is 0 Å². The minimum absolute atomic E-state index is 0.00161. The summed E-state index contributed by atoms with van der Waals surface area (Å²) in [5.74, 6) is 2.50. The van der Waals surface area contributed by atoms with Gasteiger partial charge in [-0.15, -0.1) is 0 Å². The Labute approximate surface area is 182 Å². The Morgan fingerprint density at radius 2 is 1.50 bits per heavy atom. The standard InChI is InChI=1S/C27H40O3/c1-23(2)19-10-15-26(5)20(24(19,3)13-11-21(23)28)8-7-17-18(9-14-25(17,26)4)27(6)16-12-22(29)30-27/h11,13,17-20H,7-10,12,14-16H2,1-6H3/t17-,18+,19+,20+,24+,25-,26-,27+/m1/s1. The topological polar surface area (TPSA) is 43.4 Å². The summed E-state index contributed by atoms with van der Waals surface area (Å²) in [4.78, 5) is 24.7. The van der Waals surface area contributed by atoms with Crippen LogP contribution in [0.2, 0.25) is 0 Å². The van der Waals surface area contributed by atoms with Crippen LogP contribution in [-0.2, 0) is 14.3 Å². The molecule has 1 aliphatic heterocycles. The molecule has 0 N–H and O–H groups in total. The number of rotatable bonds is 1. The third kappa shape index (κ3) is 2.33. The fourth-order valence-electron chi connectivity index (χ4n) is 9.75. The number of hydrogen-bond donors (Lipinski definition) is 0. The van der Waals surface area contributed by atoms with Crippen molar-refractivity contribution in [3.05, 3.63) is 12.2 Å². The van der Waals surface area contributed by atoms with Crippen molar-refractivity contribution >= 4 is 11.8 Å². The number of hydrogen-bond acceptors (Lipinski definition) is 3. The molecule has 4 fully saturated rings. The van der Waals surface area contributed by atoms with Crippen LogP contribution in [0, 0.1) is 45.3 Å². The third-order valence-electron chi connectivity index (χ3n) is 11.6. The fourth-order valence-corrected chi connectivity index (χ4v) is 9.75. The van der Waals surface area contributed by atoms with E-state index in [0.29, 0.717) is 35.9 Å². The van der Waals surface area contributed by atoms with Crippen molar-refractivity contribution in [1.29, 1.82) is 0 Å². The van der Waals surface area contributed by atoms with Crippen molar-refractivity contribution in [1.82, 2.24) is 0 Å². The molecule has 0 amide bonds. The molecule has 5 aliphatic rings. The molecule has 5 rings (SSSR count). The Balaban J connectivity index is 1.52. The van der Waals surface area contributed by atoms with Crippen molar-refractivity contribution < 1.29 is 14.3 Å². The molecule has 0 aromatic carbocycles. The van der Waals surface area contributed by atoms with Gasteiger partial charge < -0.3 is 4.74 Å². The normalized spacial score (nSPS) is 54.3. The molecule has 1 saturated heterocycles. The number of carbonyl (C=O) groups is 2. The lowest BCUT2D eigenvalue weighted by molar-refractivity contribution is -0.186. The maximum Gasteiger partial charge on any atom is 0.306 e. The molecule has 30 heavy (non-hydrogen) atoms. The van der Waals surface area contributed by atoms with Crippen LogP contribution in [0.5, 0.6) is 0 Å². The second-order valence-electron chi connectivity index (χ2n) is 12.9. The van der Waals surface area contributed by atoms with Crippen LogP contribution in [0.15, 0.2) is 12.2 Å². The van der Waals surface area contributed by atoms with Gasteiger partial charge in [0.2, 0.25) is 0 Å². The van der Waals surface area contributed by atoms with Crippen LogP contribution in [0.4, 0.5) is 0 Å². The molecular formula is C27H40O3. The Morgan fingerprint density at radius 1 is 0.800 bits per heavy atom. The van der Waals surface area contributed by atoms with E-state index in [4.69, 9.17) is 4.74 Å². The van der Waals surface area contributed by atoms with Crippen molar-refractivity contribution in [3.63, 3.8) is 0 Å². The van der Waals surface area contributed by atoms with E-state index in [1.54, 1.807) is 0 Å². The molecule has 3 nitrogen and oxygen atoms in total. The van der Waals surface area contributed by atoms with Crippen LogP contribution in [0.3, 0.4) is 0 Å². The fraction of sp³-hybridized carbons (Fsp3) is 0.852. The van der Waals surface area contributed by atoms with Gasteiger partial charge in [0.05, 0.1) is 0 Å². The SMILES string of the molecule is CC1(C)C(=O)C=C[C@@]2(C)[C@H]1CC[C@]1(C)[C@H]2CC[C@@H]2[C@@H]([C@]3(C)CCC(=O)O3)CC[C@]21C. The Bertz CT molecular complexity index is 826. The molecule has 0 aromatic heterocycles. The van der Waals surface area contributed by atoms with Gasteiger partial charge in [0.15, 0.2) is 5.78 Å². The molecule has 0 bridgehead atoms. The largest absolute Gasteiger partial charge is 0.459 e. The zero-order chi connectivity index (χ0) is 21.7. The van der Waals surface area contributed by atoms with Crippen LogP contribution in [-0.4, -0.2) is 17.4 Å². The van der Waals surface area contributed by atoms with E-state index < -0.39 is 0 Å². The quantitative estimate of drug-likeness (QED) is 0.488. The Kier molecular flexibility index (Phi) is 4.16. The van der Waals surface area contributed by atoms with E-state index in [1.807, 2.05) is 6.08 Å². The predicted molar refractivity (Wildman–Crippen MR) is 118 cm³/mol. The Morgan fingerprint density at radius 3 is 2.17 bits per heavy atom. The molecule has 1 heterocycles. The number of fused-ring (bicyclic) bond motifs is 5. The summed E-state index contributed by atoms with van der Waals surface area (Å²) in [7, 11) is 0. The average molecular weight is 413 g/mol. The molecular weight excluding hydrogens is 372 g/mol. The van der Waals surface area contributed by atoms with E-state index in [1.165, 1.54) is 32.1 Å². The molecule has 0 spiro atoms. The first-order valence-electron chi connectivity index (χ1n) is 12.3. The zero-order valence-electron chi connectivity index (χ0n) is 19.8. The summed E-state index contributed by atoms with van der Waals surface area (Å²) in [6, 6.07) is 0. The second-order valence-corrected chi connectivity index (χ2v) is 12.9. The van der Waals surface area contributed by atoms with Gasteiger partial charge in [-0.05, 0) is 91.9 Å². The van der Waals surface area contributed by atoms with Gasteiger partial charge in [-0.25, -0.2) is 0 Å². The van der Waals surface area contributed by atoms with Gasteiger partial charge in [-0.2, -0.15) is 0 Å². The number of esters is 1. The minimum atomic E-state index is -0.261. The van der Waals surface area contributed by atoms with Crippen molar-refractivity contribution in [2.24, 2.45) is 45.3 Å². The van der Waals surface area contributed by atoms with E-state index in [-0.39, 0.29) is 33.2 Å².